The molecule has 5 rings (SSSR count). The van der Waals surface area contributed by atoms with Crippen LogP contribution in [0.4, 0.5) is 4.39 Å². The van der Waals surface area contributed by atoms with Crippen LogP contribution in [0.25, 0.3) is 16.9 Å². The first-order valence-electron chi connectivity index (χ1n) is 9.57. The van der Waals surface area contributed by atoms with Crippen LogP contribution in [0.1, 0.15) is 34.9 Å². The molecule has 1 saturated heterocycles. The minimum absolute atomic E-state index is 0.0944. The third-order valence-corrected chi connectivity index (χ3v) is 5.40. The van der Waals surface area contributed by atoms with E-state index in [0.717, 1.165) is 29.7 Å². The molecule has 0 aliphatic carbocycles. The highest BCUT2D eigenvalue weighted by atomic mass is 19.1. The Labute approximate surface area is 166 Å². The van der Waals surface area contributed by atoms with E-state index in [-0.39, 0.29) is 17.6 Å². The normalized spacial score (nSPS) is 17.0. The van der Waals surface area contributed by atoms with Crippen LogP contribution in [0.15, 0.2) is 55.1 Å². The molecule has 0 spiro atoms. The molecule has 1 amide bonds. The number of benzene rings is 1. The molecule has 1 fully saturated rings. The first-order valence-corrected chi connectivity index (χ1v) is 9.57. The largest absolute Gasteiger partial charge is 0.337 e. The van der Waals surface area contributed by atoms with Crippen LogP contribution in [0.5, 0.6) is 0 Å². The molecule has 1 aliphatic heterocycles. The van der Waals surface area contributed by atoms with E-state index in [0.29, 0.717) is 24.6 Å². The molecule has 4 heterocycles. The van der Waals surface area contributed by atoms with E-state index in [1.54, 1.807) is 41.2 Å². The Kier molecular flexibility index (Phi) is 4.31. The third kappa shape index (κ3) is 3.26. The van der Waals surface area contributed by atoms with E-state index >= 15 is 0 Å². The fourth-order valence-electron chi connectivity index (χ4n) is 3.96. The molecule has 3 aromatic heterocycles. The number of piperidine rings is 1. The number of hydrogen-bond acceptors (Lipinski definition) is 4. The van der Waals surface area contributed by atoms with Crippen LogP contribution in [0.2, 0.25) is 0 Å². The van der Waals surface area contributed by atoms with Crippen LogP contribution < -0.4 is 0 Å². The number of imidazole rings is 1. The highest BCUT2D eigenvalue weighted by Crippen LogP contribution is 2.33. The summed E-state index contributed by atoms with van der Waals surface area (Å²) in [5.74, 6) is 0.278. The fourth-order valence-corrected chi connectivity index (χ4v) is 3.96. The molecule has 8 heteroatoms. The van der Waals surface area contributed by atoms with Gasteiger partial charge in [-0.3, -0.25) is 14.3 Å². The monoisotopic (exact) mass is 390 g/mol. The molecule has 4 aromatic rings. The molecule has 146 valence electrons. The van der Waals surface area contributed by atoms with Crippen LogP contribution in [0, 0.1) is 5.82 Å². The number of rotatable bonds is 3. The van der Waals surface area contributed by atoms with E-state index in [1.165, 1.54) is 12.1 Å². The summed E-state index contributed by atoms with van der Waals surface area (Å²) < 4.78 is 15.0. The van der Waals surface area contributed by atoms with Crippen LogP contribution in [-0.4, -0.2) is 48.5 Å². The number of halogens is 1. The second-order valence-corrected chi connectivity index (χ2v) is 7.25. The molecule has 29 heavy (non-hydrogen) atoms. The van der Waals surface area contributed by atoms with E-state index in [1.807, 2.05) is 11.1 Å². The molecule has 7 nitrogen and oxygen atoms in total. The average molecular weight is 390 g/mol. The number of carbonyl (C=O) groups is 1. The number of nitrogens with zero attached hydrogens (tertiary/aromatic N) is 5. The summed E-state index contributed by atoms with van der Waals surface area (Å²) in [5, 5.41) is 7.30. The number of hydrogen-bond donors (Lipinski definition) is 1. The van der Waals surface area contributed by atoms with Gasteiger partial charge in [-0.25, -0.2) is 14.4 Å². The van der Waals surface area contributed by atoms with Crippen LogP contribution in [-0.2, 0) is 0 Å². The van der Waals surface area contributed by atoms with Crippen molar-refractivity contribution in [2.45, 2.75) is 18.8 Å². The number of aromatic amines is 1. The lowest BCUT2D eigenvalue weighted by Crippen LogP contribution is -2.39. The molecular formula is C21H19FN6O. The minimum Gasteiger partial charge on any atom is -0.337 e. The molecule has 0 unspecified atom stereocenters. The lowest BCUT2D eigenvalue weighted by atomic mass is 9.90. The summed E-state index contributed by atoms with van der Waals surface area (Å²) in [4.78, 5) is 23.4. The van der Waals surface area contributed by atoms with Gasteiger partial charge in [-0.1, -0.05) is 12.1 Å². The van der Waals surface area contributed by atoms with Crippen molar-refractivity contribution in [3.8, 4) is 11.1 Å². The lowest BCUT2D eigenvalue weighted by Gasteiger charge is -2.32. The van der Waals surface area contributed by atoms with Gasteiger partial charge in [0.25, 0.3) is 5.91 Å². The summed E-state index contributed by atoms with van der Waals surface area (Å²) >= 11 is 0. The molecule has 0 saturated carbocycles. The Hall–Kier alpha value is -3.55. The third-order valence-electron chi connectivity index (χ3n) is 5.40. The zero-order chi connectivity index (χ0) is 19.8. The average Bonchev–Trinajstić information content (AvgIpc) is 3.41. The van der Waals surface area contributed by atoms with E-state index < -0.39 is 0 Å². The summed E-state index contributed by atoms with van der Waals surface area (Å²) in [6, 6.07) is 8.19. The molecule has 1 N–H and O–H groups in total. The maximum atomic E-state index is 13.3. The Morgan fingerprint density at radius 3 is 2.93 bits per heavy atom. The SMILES string of the molecule is O=C(c1cn2cccnc2n1)N1CCC[C@@H](c2[nH]ncc2-c2ccc(F)cc2)C1. The van der Waals surface area contributed by atoms with Gasteiger partial charge in [-0.2, -0.15) is 5.10 Å². The van der Waals surface area contributed by atoms with Crippen molar-refractivity contribution >= 4 is 11.7 Å². The summed E-state index contributed by atoms with van der Waals surface area (Å²) in [7, 11) is 0. The number of likely N-dealkylation sites (tertiary alicyclic amines) is 1. The Morgan fingerprint density at radius 2 is 2.10 bits per heavy atom. The Morgan fingerprint density at radius 1 is 1.24 bits per heavy atom. The van der Waals surface area contributed by atoms with Gasteiger partial charge in [0.2, 0.25) is 5.78 Å². The highest BCUT2D eigenvalue weighted by molar-refractivity contribution is 5.93. The second kappa shape index (κ2) is 7.12. The van der Waals surface area contributed by atoms with E-state index in [2.05, 4.69) is 20.2 Å². The van der Waals surface area contributed by atoms with Crippen LogP contribution in [0.3, 0.4) is 0 Å². The van der Waals surface area contributed by atoms with Gasteiger partial charge < -0.3 is 4.90 Å². The van der Waals surface area contributed by atoms with Gasteiger partial charge in [0, 0.05) is 48.9 Å². The number of amides is 1. The Balaban J connectivity index is 1.39. The van der Waals surface area contributed by atoms with Crippen molar-refractivity contribution < 1.29 is 9.18 Å². The van der Waals surface area contributed by atoms with Gasteiger partial charge in [0.05, 0.1) is 6.20 Å². The summed E-state index contributed by atoms with van der Waals surface area (Å²) in [6.45, 7) is 1.27. The van der Waals surface area contributed by atoms with Crippen molar-refractivity contribution in [3.63, 3.8) is 0 Å². The quantitative estimate of drug-likeness (QED) is 0.582. The first kappa shape index (κ1) is 17.5. The predicted molar refractivity (Wildman–Crippen MR) is 105 cm³/mol. The molecule has 1 aromatic carbocycles. The van der Waals surface area contributed by atoms with Crippen molar-refractivity contribution in [2.24, 2.45) is 0 Å². The van der Waals surface area contributed by atoms with Crippen molar-refractivity contribution in [1.82, 2.24) is 29.5 Å². The van der Waals surface area contributed by atoms with Crippen molar-refractivity contribution in [3.05, 3.63) is 72.3 Å². The maximum Gasteiger partial charge on any atom is 0.274 e. The van der Waals surface area contributed by atoms with Gasteiger partial charge in [0.1, 0.15) is 11.5 Å². The van der Waals surface area contributed by atoms with Gasteiger partial charge in [0.15, 0.2) is 0 Å². The summed E-state index contributed by atoms with van der Waals surface area (Å²) in [6.07, 6.45) is 8.80. The zero-order valence-corrected chi connectivity index (χ0v) is 15.6. The maximum absolute atomic E-state index is 13.3. The number of H-pyrrole nitrogens is 1. The number of nitrogens with one attached hydrogen (secondary N) is 1. The van der Waals surface area contributed by atoms with E-state index in [4.69, 9.17) is 0 Å². The first-order chi connectivity index (χ1) is 14.2. The minimum atomic E-state index is -0.268. The number of carbonyl (C=O) groups excluding carboxylic acids is 1. The second-order valence-electron chi connectivity index (χ2n) is 7.25. The number of fused-ring (bicyclic) bond motifs is 1. The molecule has 0 radical (unpaired) electrons. The molecular weight excluding hydrogens is 371 g/mol. The smallest absolute Gasteiger partial charge is 0.274 e. The number of aromatic nitrogens is 5. The van der Waals surface area contributed by atoms with Crippen molar-refractivity contribution in [2.75, 3.05) is 13.1 Å². The zero-order valence-electron chi connectivity index (χ0n) is 15.6. The summed E-state index contributed by atoms with van der Waals surface area (Å²) in [5.41, 5.74) is 3.23. The van der Waals surface area contributed by atoms with Gasteiger partial charge in [-0.05, 0) is 36.6 Å². The highest BCUT2D eigenvalue weighted by Gasteiger charge is 2.29. The van der Waals surface area contributed by atoms with Gasteiger partial charge >= 0.3 is 0 Å². The van der Waals surface area contributed by atoms with Crippen LogP contribution >= 0.6 is 0 Å². The predicted octanol–water partition coefficient (Wildman–Crippen LogP) is 3.28. The molecule has 1 atom stereocenters. The van der Waals surface area contributed by atoms with Gasteiger partial charge in [-0.15, -0.1) is 0 Å². The van der Waals surface area contributed by atoms with Crippen molar-refractivity contribution in [1.29, 1.82) is 0 Å². The fraction of sp³-hybridized carbons (Fsp3) is 0.238. The topological polar surface area (TPSA) is 79.2 Å². The Bertz CT molecular complexity index is 1130. The standard InChI is InChI=1S/C21H19FN6O/c22-16-6-4-14(5-7-16)17-11-24-26-19(17)15-3-1-9-27(12-15)20(29)18-13-28-10-2-8-23-21(28)25-18/h2,4-8,10-11,13,15H,1,3,9,12H2,(H,24,26)/t15-/m1/s1. The molecule has 0 bridgehead atoms. The lowest BCUT2D eigenvalue weighted by molar-refractivity contribution is 0.0700. The van der Waals surface area contributed by atoms with E-state index in [9.17, 15) is 9.18 Å². The molecule has 1 aliphatic rings.